The van der Waals surface area contributed by atoms with Gasteiger partial charge in [-0.3, -0.25) is 0 Å². The van der Waals surface area contributed by atoms with Gasteiger partial charge in [-0.05, 0) is 24.6 Å². The minimum absolute atomic E-state index is 0.594. The maximum absolute atomic E-state index is 6.16. The molecule has 4 heteroatoms. The Morgan fingerprint density at radius 2 is 1.94 bits per heavy atom. The van der Waals surface area contributed by atoms with Crippen LogP contribution < -0.4 is 14.8 Å². The van der Waals surface area contributed by atoms with E-state index in [0.717, 1.165) is 41.6 Å². The molecule has 0 spiro atoms. The SMILES string of the molecule is CCCNCc1cc2c(cc1Cl)OCCO2. The molecule has 0 saturated carbocycles. The van der Waals surface area contributed by atoms with Crippen LogP contribution in [-0.2, 0) is 6.54 Å². The molecule has 0 saturated heterocycles. The number of rotatable bonds is 4. The van der Waals surface area contributed by atoms with Crippen molar-refractivity contribution in [3.63, 3.8) is 0 Å². The van der Waals surface area contributed by atoms with Crippen molar-refractivity contribution >= 4 is 11.6 Å². The highest BCUT2D eigenvalue weighted by atomic mass is 35.5. The Morgan fingerprint density at radius 3 is 2.62 bits per heavy atom. The molecule has 0 bridgehead atoms. The third-order valence-electron chi connectivity index (χ3n) is 2.45. The summed E-state index contributed by atoms with van der Waals surface area (Å²) in [7, 11) is 0. The maximum Gasteiger partial charge on any atom is 0.162 e. The van der Waals surface area contributed by atoms with E-state index < -0.39 is 0 Å². The summed E-state index contributed by atoms with van der Waals surface area (Å²) in [6.07, 6.45) is 1.11. The lowest BCUT2D eigenvalue weighted by atomic mass is 10.2. The van der Waals surface area contributed by atoms with Crippen molar-refractivity contribution in [2.45, 2.75) is 19.9 Å². The van der Waals surface area contributed by atoms with E-state index in [-0.39, 0.29) is 0 Å². The van der Waals surface area contributed by atoms with Crippen molar-refractivity contribution in [1.29, 1.82) is 0 Å². The quantitative estimate of drug-likeness (QED) is 0.822. The highest BCUT2D eigenvalue weighted by molar-refractivity contribution is 6.31. The molecular formula is C12H16ClNO2. The molecule has 3 nitrogen and oxygen atoms in total. The Kier molecular flexibility index (Phi) is 3.91. The third-order valence-corrected chi connectivity index (χ3v) is 2.81. The summed E-state index contributed by atoms with van der Waals surface area (Å²) in [5.74, 6) is 1.54. The van der Waals surface area contributed by atoms with Gasteiger partial charge in [-0.2, -0.15) is 0 Å². The maximum atomic E-state index is 6.16. The number of hydrogen-bond donors (Lipinski definition) is 1. The van der Waals surface area contributed by atoms with Gasteiger partial charge in [0.25, 0.3) is 0 Å². The molecule has 1 aromatic rings. The number of hydrogen-bond acceptors (Lipinski definition) is 3. The van der Waals surface area contributed by atoms with Crippen molar-refractivity contribution in [3.05, 3.63) is 22.7 Å². The van der Waals surface area contributed by atoms with E-state index in [1.165, 1.54) is 0 Å². The van der Waals surface area contributed by atoms with Crippen molar-refractivity contribution in [2.24, 2.45) is 0 Å². The molecule has 0 aliphatic carbocycles. The summed E-state index contributed by atoms with van der Waals surface area (Å²) in [5.41, 5.74) is 1.05. The zero-order valence-corrected chi connectivity index (χ0v) is 10.1. The van der Waals surface area contributed by atoms with Crippen molar-refractivity contribution in [2.75, 3.05) is 19.8 Å². The smallest absolute Gasteiger partial charge is 0.162 e. The van der Waals surface area contributed by atoms with E-state index in [9.17, 15) is 0 Å². The van der Waals surface area contributed by atoms with Gasteiger partial charge in [0.15, 0.2) is 11.5 Å². The molecule has 2 rings (SSSR count). The van der Waals surface area contributed by atoms with E-state index in [1.54, 1.807) is 0 Å². The topological polar surface area (TPSA) is 30.5 Å². The van der Waals surface area contributed by atoms with Gasteiger partial charge in [0, 0.05) is 17.6 Å². The van der Waals surface area contributed by atoms with Gasteiger partial charge in [-0.1, -0.05) is 18.5 Å². The summed E-state index contributed by atoms with van der Waals surface area (Å²) in [6, 6.07) is 3.79. The van der Waals surface area contributed by atoms with Crippen LogP contribution in [0.25, 0.3) is 0 Å². The molecule has 0 aromatic heterocycles. The molecule has 1 aliphatic rings. The second-order valence-corrected chi connectivity index (χ2v) is 4.17. The highest BCUT2D eigenvalue weighted by Crippen LogP contribution is 2.35. The average Bonchev–Trinajstić information content (AvgIpc) is 2.30. The molecule has 0 amide bonds. The molecule has 0 atom stereocenters. The number of benzene rings is 1. The molecule has 1 heterocycles. The van der Waals surface area contributed by atoms with Crippen LogP contribution in [0.3, 0.4) is 0 Å². The molecule has 0 fully saturated rings. The van der Waals surface area contributed by atoms with Crippen molar-refractivity contribution < 1.29 is 9.47 Å². The molecule has 1 N–H and O–H groups in total. The summed E-state index contributed by atoms with van der Waals surface area (Å²) >= 11 is 6.16. The van der Waals surface area contributed by atoms with Crippen LogP contribution in [-0.4, -0.2) is 19.8 Å². The van der Waals surface area contributed by atoms with Gasteiger partial charge in [0.05, 0.1) is 0 Å². The first kappa shape index (κ1) is 11.6. The lowest BCUT2D eigenvalue weighted by Gasteiger charge is -2.19. The average molecular weight is 242 g/mol. The minimum atomic E-state index is 0.594. The Bertz CT molecular complexity index is 368. The number of ether oxygens (including phenoxy) is 2. The van der Waals surface area contributed by atoms with Gasteiger partial charge < -0.3 is 14.8 Å². The second kappa shape index (κ2) is 5.41. The zero-order valence-electron chi connectivity index (χ0n) is 9.38. The second-order valence-electron chi connectivity index (χ2n) is 3.76. The summed E-state index contributed by atoms with van der Waals surface area (Å²) in [6.45, 7) is 5.10. The van der Waals surface area contributed by atoms with Crippen LogP contribution in [0.2, 0.25) is 5.02 Å². The van der Waals surface area contributed by atoms with Gasteiger partial charge in [0.1, 0.15) is 13.2 Å². The van der Waals surface area contributed by atoms with Crippen molar-refractivity contribution in [3.8, 4) is 11.5 Å². The molecular weight excluding hydrogens is 226 g/mol. The fraction of sp³-hybridized carbons (Fsp3) is 0.500. The lowest BCUT2D eigenvalue weighted by molar-refractivity contribution is 0.171. The summed E-state index contributed by atoms with van der Waals surface area (Å²) < 4.78 is 11.0. The first-order valence-electron chi connectivity index (χ1n) is 5.60. The minimum Gasteiger partial charge on any atom is -0.486 e. The Balaban J connectivity index is 2.12. The molecule has 1 aromatic carbocycles. The predicted octanol–water partition coefficient (Wildman–Crippen LogP) is 2.61. The predicted molar refractivity (Wildman–Crippen MR) is 64.4 cm³/mol. The fourth-order valence-electron chi connectivity index (χ4n) is 1.64. The molecule has 0 unspecified atom stereocenters. The normalized spacial score (nSPS) is 13.9. The Labute approximate surface area is 101 Å². The van der Waals surface area contributed by atoms with Crippen LogP contribution in [0.4, 0.5) is 0 Å². The van der Waals surface area contributed by atoms with Crippen LogP contribution in [0, 0.1) is 0 Å². The van der Waals surface area contributed by atoms with Crippen LogP contribution in [0.1, 0.15) is 18.9 Å². The number of fused-ring (bicyclic) bond motifs is 1. The van der Waals surface area contributed by atoms with Crippen LogP contribution in [0.5, 0.6) is 11.5 Å². The Morgan fingerprint density at radius 1 is 1.25 bits per heavy atom. The molecule has 16 heavy (non-hydrogen) atoms. The van der Waals surface area contributed by atoms with E-state index in [4.69, 9.17) is 21.1 Å². The van der Waals surface area contributed by atoms with Gasteiger partial charge in [-0.15, -0.1) is 0 Å². The van der Waals surface area contributed by atoms with Crippen LogP contribution in [0.15, 0.2) is 12.1 Å². The standard InChI is InChI=1S/C12H16ClNO2/c1-2-3-14-8-9-6-11-12(7-10(9)13)16-5-4-15-11/h6-7,14H,2-5,8H2,1H3. The summed E-state index contributed by atoms with van der Waals surface area (Å²) in [4.78, 5) is 0. The third kappa shape index (κ3) is 2.60. The van der Waals surface area contributed by atoms with E-state index in [0.29, 0.717) is 13.2 Å². The van der Waals surface area contributed by atoms with E-state index in [1.807, 2.05) is 12.1 Å². The Hall–Kier alpha value is -0.930. The first-order valence-corrected chi connectivity index (χ1v) is 5.98. The van der Waals surface area contributed by atoms with Crippen molar-refractivity contribution in [1.82, 2.24) is 5.32 Å². The zero-order chi connectivity index (χ0) is 11.4. The molecule has 0 radical (unpaired) electrons. The van der Waals surface area contributed by atoms with E-state index in [2.05, 4.69) is 12.2 Å². The lowest BCUT2D eigenvalue weighted by Crippen LogP contribution is -2.17. The number of nitrogens with one attached hydrogen (secondary N) is 1. The monoisotopic (exact) mass is 241 g/mol. The molecule has 1 aliphatic heterocycles. The van der Waals surface area contributed by atoms with Gasteiger partial charge >= 0.3 is 0 Å². The van der Waals surface area contributed by atoms with Gasteiger partial charge in [-0.25, -0.2) is 0 Å². The van der Waals surface area contributed by atoms with Gasteiger partial charge in [0.2, 0.25) is 0 Å². The largest absolute Gasteiger partial charge is 0.486 e. The fourth-order valence-corrected chi connectivity index (χ4v) is 1.86. The highest BCUT2D eigenvalue weighted by Gasteiger charge is 2.14. The van der Waals surface area contributed by atoms with Crippen LogP contribution >= 0.6 is 11.6 Å². The number of halogens is 1. The van der Waals surface area contributed by atoms with E-state index >= 15 is 0 Å². The first-order chi connectivity index (χ1) is 7.81. The molecule has 88 valence electrons. The summed E-state index contributed by atoms with van der Waals surface area (Å²) in [5, 5.41) is 4.05.